The number of nitrogen functional groups attached to an aromatic ring is 1. The first-order valence-electron chi connectivity index (χ1n) is 6.93. The number of nitrogens with zero attached hydrogens (tertiary/aromatic N) is 2. The van der Waals surface area contributed by atoms with Crippen molar-refractivity contribution < 1.29 is 0 Å². The third-order valence-electron chi connectivity index (χ3n) is 3.29. The van der Waals surface area contributed by atoms with Crippen LogP contribution in [-0.4, -0.2) is 10.7 Å². The lowest BCUT2D eigenvalue weighted by Gasteiger charge is -2.15. The molecule has 1 aromatic heterocycles. The number of hydrogen-bond acceptors (Lipinski definition) is 3. The van der Waals surface area contributed by atoms with Crippen LogP contribution >= 0.6 is 0 Å². The number of allylic oxidation sites excluding steroid dienone is 1. The Morgan fingerprint density at radius 1 is 1.37 bits per heavy atom. The first-order chi connectivity index (χ1) is 8.95. The van der Waals surface area contributed by atoms with E-state index in [2.05, 4.69) is 37.7 Å². The van der Waals surface area contributed by atoms with Crippen LogP contribution in [0, 0.1) is 11.8 Å². The fourth-order valence-electron chi connectivity index (χ4n) is 1.96. The predicted molar refractivity (Wildman–Crippen MR) is 84.0 cm³/mol. The minimum atomic E-state index is 0.466. The molecule has 104 valence electrons. The molecule has 2 N–H and O–H groups in total. The third kappa shape index (κ3) is 4.51. The molecule has 1 rings (SSSR count). The summed E-state index contributed by atoms with van der Waals surface area (Å²) in [5.41, 5.74) is 8.86. The van der Waals surface area contributed by atoms with E-state index in [-0.39, 0.29) is 0 Å². The summed E-state index contributed by atoms with van der Waals surface area (Å²) in [6.45, 7) is 10.8. The molecule has 0 saturated carbocycles. The highest BCUT2D eigenvalue weighted by atomic mass is 14.8. The van der Waals surface area contributed by atoms with E-state index < -0.39 is 0 Å². The largest absolute Gasteiger partial charge is 0.384 e. The van der Waals surface area contributed by atoms with Crippen LogP contribution in [0.15, 0.2) is 29.4 Å². The maximum atomic E-state index is 5.70. The maximum absolute atomic E-state index is 5.70. The Labute approximate surface area is 116 Å². The number of aliphatic imine (C=N–C) groups is 1. The molecule has 0 aliphatic rings. The normalized spacial score (nSPS) is 14.8. The van der Waals surface area contributed by atoms with Crippen molar-refractivity contribution in [1.29, 1.82) is 0 Å². The number of nitrogens with two attached hydrogens (primary N) is 1. The van der Waals surface area contributed by atoms with Gasteiger partial charge in [-0.05, 0) is 42.9 Å². The van der Waals surface area contributed by atoms with Gasteiger partial charge in [-0.3, -0.25) is 4.99 Å². The molecule has 0 radical (unpaired) electrons. The maximum Gasteiger partial charge on any atom is 0.124 e. The van der Waals surface area contributed by atoms with E-state index in [1.165, 1.54) is 5.71 Å². The first kappa shape index (κ1) is 15.4. The number of hydrogen-bond donors (Lipinski definition) is 1. The zero-order valence-corrected chi connectivity index (χ0v) is 12.6. The Bertz CT molecular complexity index is 473. The van der Waals surface area contributed by atoms with E-state index >= 15 is 0 Å². The van der Waals surface area contributed by atoms with Crippen molar-refractivity contribution in [2.24, 2.45) is 16.8 Å². The molecule has 0 fully saturated rings. The van der Waals surface area contributed by atoms with Gasteiger partial charge in [0.2, 0.25) is 0 Å². The lowest BCUT2D eigenvalue weighted by Crippen LogP contribution is -2.16. The van der Waals surface area contributed by atoms with Crippen LogP contribution in [0.1, 0.15) is 46.7 Å². The smallest absolute Gasteiger partial charge is 0.124 e. The minimum absolute atomic E-state index is 0.466. The second kappa shape index (κ2) is 7.07. The molecular weight excluding hydrogens is 234 g/mol. The average Bonchev–Trinajstić information content (AvgIpc) is 2.37. The van der Waals surface area contributed by atoms with Crippen LogP contribution in [0.3, 0.4) is 0 Å². The van der Waals surface area contributed by atoms with Crippen LogP contribution < -0.4 is 5.73 Å². The Hall–Kier alpha value is -1.64. The Morgan fingerprint density at radius 3 is 2.58 bits per heavy atom. The van der Waals surface area contributed by atoms with Gasteiger partial charge in [0.15, 0.2) is 0 Å². The molecule has 3 heteroatoms. The number of aromatic nitrogens is 1. The Balaban J connectivity index is 3.00. The molecule has 0 unspecified atom stereocenters. The molecule has 19 heavy (non-hydrogen) atoms. The molecule has 0 amide bonds. The monoisotopic (exact) mass is 259 g/mol. The summed E-state index contributed by atoms with van der Waals surface area (Å²) < 4.78 is 0. The molecule has 0 aliphatic heterocycles. The molecule has 0 bridgehead atoms. The third-order valence-corrected chi connectivity index (χ3v) is 3.29. The fourth-order valence-corrected chi connectivity index (χ4v) is 1.96. The second-order valence-electron chi connectivity index (χ2n) is 5.28. The zero-order valence-electron chi connectivity index (χ0n) is 12.6. The summed E-state index contributed by atoms with van der Waals surface area (Å²) in [4.78, 5) is 8.97. The van der Waals surface area contributed by atoms with Crippen LogP contribution in [0.5, 0.6) is 0 Å². The van der Waals surface area contributed by atoms with Gasteiger partial charge in [0.25, 0.3) is 0 Å². The lowest BCUT2D eigenvalue weighted by molar-refractivity contribution is 0.684. The summed E-state index contributed by atoms with van der Waals surface area (Å²) >= 11 is 0. The van der Waals surface area contributed by atoms with Gasteiger partial charge in [0.1, 0.15) is 5.82 Å². The molecule has 1 aromatic rings. The van der Waals surface area contributed by atoms with E-state index in [0.29, 0.717) is 17.7 Å². The standard InChI is InChI=1S/C16H25N3/c1-6-12(4)16(11(2)3)18-10-13(5)14-8-7-9-15(17)19-14/h7-12H,6H2,1-5H3,(H2,17,19)/b13-10+,18-16?/t12-/m0/s1. The molecule has 0 spiro atoms. The van der Waals surface area contributed by atoms with Crippen molar-refractivity contribution in [2.45, 2.75) is 41.0 Å². The van der Waals surface area contributed by atoms with Gasteiger partial charge in [-0.1, -0.05) is 33.8 Å². The summed E-state index contributed by atoms with van der Waals surface area (Å²) in [5.74, 6) is 1.52. The number of anilines is 1. The van der Waals surface area contributed by atoms with E-state index in [4.69, 9.17) is 5.73 Å². The van der Waals surface area contributed by atoms with Gasteiger partial charge in [-0.2, -0.15) is 0 Å². The van der Waals surface area contributed by atoms with E-state index in [9.17, 15) is 0 Å². The van der Waals surface area contributed by atoms with Gasteiger partial charge in [-0.25, -0.2) is 4.98 Å². The van der Waals surface area contributed by atoms with E-state index in [1.54, 1.807) is 6.07 Å². The summed E-state index contributed by atoms with van der Waals surface area (Å²) in [6, 6.07) is 5.66. The van der Waals surface area contributed by atoms with Crippen molar-refractivity contribution >= 4 is 17.1 Å². The van der Waals surface area contributed by atoms with Crippen LogP contribution in [-0.2, 0) is 0 Å². The van der Waals surface area contributed by atoms with Crippen LogP contribution in [0.2, 0.25) is 0 Å². The fraction of sp³-hybridized carbons (Fsp3) is 0.500. The number of pyridine rings is 1. The van der Waals surface area contributed by atoms with Gasteiger partial charge in [0, 0.05) is 11.9 Å². The summed E-state index contributed by atoms with van der Waals surface area (Å²) in [5, 5.41) is 0. The summed E-state index contributed by atoms with van der Waals surface area (Å²) in [6.07, 6.45) is 3.02. The van der Waals surface area contributed by atoms with E-state index in [0.717, 1.165) is 17.7 Å². The minimum Gasteiger partial charge on any atom is -0.384 e. The Kier molecular flexibility index (Phi) is 5.74. The van der Waals surface area contributed by atoms with Crippen molar-refractivity contribution in [2.75, 3.05) is 5.73 Å². The molecule has 1 atom stereocenters. The average molecular weight is 259 g/mol. The SMILES string of the molecule is CC[C@H](C)C(=N/C=C(\C)c1cccc(N)n1)C(C)C. The van der Waals surface area contributed by atoms with Crippen LogP contribution in [0.4, 0.5) is 5.82 Å². The van der Waals surface area contributed by atoms with Crippen molar-refractivity contribution in [3.05, 3.63) is 30.1 Å². The van der Waals surface area contributed by atoms with E-state index in [1.807, 2.05) is 25.3 Å². The molecule has 1 heterocycles. The van der Waals surface area contributed by atoms with Crippen molar-refractivity contribution in [1.82, 2.24) is 4.98 Å². The summed E-state index contributed by atoms with van der Waals surface area (Å²) in [7, 11) is 0. The van der Waals surface area contributed by atoms with Gasteiger partial charge < -0.3 is 5.73 Å². The molecule has 0 aromatic carbocycles. The predicted octanol–water partition coefficient (Wildman–Crippen LogP) is 4.17. The van der Waals surface area contributed by atoms with Gasteiger partial charge in [0.05, 0.1) is 5.69 Å². The Morgan fingerprint density at radius 2 is 2.05 bits per heavy atom. The van der Waals surface area contributed by atoms with Crippen molar-refractivity contribution in [3.8, 4) is 0 Å². The molecular formula is C16H25N3. The van der Waals surface area contributed by atoms with Gasteiger partial charge in [-0.15, -0.1) is 0 Å². The number of rotatable bonds is 5. The first-order valence-corrected chi connectivity index (χ1v) is 6.93. The van der Waals surface area contributed by atoms with Crippen molar-refractivity contribution in [3.63, 3.8) is 0 Å². The molecule has 0 saturated heterocycles. The van der Waals surface area contributed by atoms with Crippen LogP contribution in [0.25, 0.3) is 5.57 Å². The lowest BCUT2D eigenvalue weighted by atomic mass is 9.94. The topological polar surface area (TPSA) is 51.3 Å². The van der Waals surface area contributed by atoms with Gasteiger partial charge >= 0.3 is 0 Å². The highest BCUT2D eigenvalue weighted by molar-refractivity contribution is 5.89. The molecule has 0 aliphatic carbocycles. The zero-order chi connectivity index (χ0) is 14.4. The molecule has 3 nitrogen and oxygen atoms in total. The quantitative estimate of drug-likeness (QED) is 0.807. The second-order valence-corrected chi connectivity index (χ2v) is 5.28. The highest BCUT2D eigenvalue weighted by Gasteiger charge is 2.11. The highest BCUT2D eigenvalue weighted by Crippen LogP contribution is 2.16.